The molecular formula is C14H25N3O2. The standard InChI is InChI=1S/C14H25N3O2/c1-11(2)17-7-8-19-13-10-16(9-12(13)17)14(18)15-5-3-4-6-15/h11-13H,3-10H2,1-2H3/t12-,13+/m0/s1. The summed E-state index contributed by atoms with van der Waals surface area (Å²) in [5.41, 5.74) is 0. The van der Waals surface area contributed by atoms with E-state index in [0.717, 1.165) is 52.2 Å². The lowest BCUT2D eigenvalue weighted by atomic mass is 10.1. The van der Waals surface area contributed by atoms with Gasteiger partial charge in [-0.05, 0) is 26.7 Å². The van der Waals surface area contributed by atoms with E-state index in [1.54, 1.807) is 0 Å². The fourth-order valence-electron chi connectivity index (χ4n) is 3.62. The molecule has 3 fully saturated rings. The predicted octanol–water partition coefficient (Wildman–Crippen LogP) is 0.996. The van der Waals surface area contributed by atoms with Crippen molar-refractivity contribution in [2.24, 2.45) is 0 Å². The van der Waals surface area contributed by atoms with Gasteiger partial charge in [0.05, 0.1) is 25.3 Å². The summed E-state index contributed by atoms with van der Waals surface area (Å²) in [6.07, 6.45) is 2.52. The minimum atomic E-state index is 0.211. The maximum atomic E-state index is 12.4. The number of hydrogen-bond acceptors (Lipinski definition) is 3. The molecule has 3 rings (SSSR count). The van der Waals surface area contributed by atoms with E-state index < -0.39 is 0 Å². The van der Waals surface area contributed by atoms with Crippen LogP contribution in [0.4, 0.5) is 4.79 Å². The first kappa shape index (κ1) is 13.2. The summed E-state index contributed by atoms with van der Waals surface area (Å²) in [4.78, 5) is 18.9. The molecule has 108 valence electrons. The van der Waals surface area contributed by atoms with Crippen molar-refractivity contribution >= 4 is 6.03 Å². The monoisotopic (exact) mass is 267 g/mol. The molecule has 0 unspecified atom stereocenters. The van der Waals surface area contributed by atoms with Crippen molar-refractivity contribution in [1.29, 1.82) is 0 Å². The minimum absolute atomic E-state index is 0.211. The van der Waals surface area contributed by atoms with Crippen LogP contribution in [0.3, 0.4) is 0 Å². The largest absolute Gasteiger partial charge is 0.373 e. The highest BCUT2D eigenvalue weighted by atomic mass is 16.5. The summed E-state index contributed by atoms with van der Waals surface area (Å²) in [5, 5.41) is 0. The van der Waals surface area contributed by atoms with Crippen molar-refractivity contribution in [1.82, 2.24) is 14.7 Å². The molecule has 5 heteroatoms. The third-order valence-corrected chi connectivity index (χ3v) is 4.65. The first-order valence-corrected chi connectivity index (χ1v) is 7.58. The van der Waals surface area contributed by atoms with Gasteiger partial charge in [-0.2, -0.15) is 0 Å². The molecule has 0 N–H and O–H groups in total. The quantitative estimate of drug-likeness (QED) is 0.711. The first-order valence-electron chi connectivity index (χ1n) is 7.58. The molecule has 0 aliphatic carbocycles. The van der Waals surface area contributed by atoms with E-state index >= 15 is 0 Å². The number of hydrogen-bond donors (Lipinski definition) is 0. The summed E-state index contributed by atoms with van der Waals surface area (Å²) >= 11 is 0. The molecule has 0 aromatic heterocycles. The van der Waals surface area contributed by atoms with Gasteiger partial charge in [0.2, 0.25) is 0 Å². The van der Waals surface area contributed by atoms with Crippen LogP contribution >= 0.6 is 0 Å². The molecule has 3 heterocycles. The Morgan fingerprint density at radius 2 is 1.84 bits per heavy atom. The van der Waals surface area contributed by atoms with E-state index in [9.17, 15) is 4.79 Å². The zero-order chi connectivity index (χ0) is 13.4. The molecule has 2 amide bonds. The third kappa shape index (κ3) is 2.46. The lowest BCUT2D eigenvalue weighted by Gasteiger charge is -2.39. The highest BCUT2D eigenvalue weighted by Gasteiger charge is 2.43. The number of rotatable bonds is 1. The molecule has 0 aromatic carbocycles. The lowest BCUT2D eigenvalue weighted by Crippen LogP contribution is -2.53. The number of likely N-dealkylation sites (tertiary alicyclic amines) is 2. The van der Waals surface area contributed by atoms with Gasteiger partial charge in [0.15, 0.2) is 0 Å². The van der Waals surface area contributed by atoms with Crippen LogP contribution in [0.5, 0.6) is 0 Å². The molecule has 0 spiro atoms. The maximum absolute atomic E-state index is 12.4. The third-order valence-electron chi connectivity index (χ3n) is 4.65. The first-order chi connectivity index (χ1) is 9.16. The molecule has 19 heavy (non-hydrogen) atoms. The Kier molecular flexibility index (Phi) is 3.67. The number of ether oxygens (including phenoxy) is 1. The number of nitrogens with zero attached hydrogens (tertiary/aromatic N) is 3. The number of amides is 2. The predicted molar refractivity (Wildman–Crippen MR) is 73.1 cm³/mol. The Hall–Kier alpha value is -0.810. The second-order valence-corrected chi connectivity index (χ2v) is 6.19. The summed E-state index contributed by atoms with van der Waals surface area (Å²) in [6, 6.07) is 1.14. The normalized spacial score (nSPS) is 32.2. The molecule has 0 aromatic rings. The zero-order valence-electron chi connectivity index (χ0n) is 12.0. The summed E-state index contributed by atoms with van der Waals surface area (Å²) in [7, 11) is 0. The number of fused-ring (bicyclic) bond motifs is 1. The van der Waals surface area contributed by atoms with Gasteiger partial charge in [0.1, 0.15) is 0 Å². The topological polar surface area (TPSA) is 36.0 Å². The Morgan fingerprint density at radius 3 is 2.53 bits per heavy atom. The summed E-state index contributed by atoms with van der Waals surface area (Å²) < 4.78 is 5.87. The van der Waals surface area contributed by atoms with Crippen LogP contribution < -0.4 is 0 Å². The highest BCUT2D eigenvalue weighted by molar-refractivity contribution is 5.75. The van der Waals surface area contributed by atoms with Gasteiger partial charge < -0.3 is 14.5 Å². The zero-order valence-corrected chi connectivity index (χ0v) is 12.0. The van der Waals surface area contributed by atoms with Crippen LogP contribution in [-0.2, 0) is 4.74 Å². The van der Waals surface area contributed by atoms with Crippen molar-refractivity contribution in [2.75, 3.05) is 39.3 Å². The molecule has 0 bridgehead atoms. The molecule has 0 radical (unpaired) electrons. The van der Waals surface area contributed by atoms with Crippen molar-refractivity contribution in [2.45, 2.75) is 44.9 Å². The second kappa shape index (κ2) is 5.29. The number of urea groups is 1. The molecule has 0 saturated carbocycles. The van der Waals surface area contributed by atoms with E-state index in [2.05, 4.69) is 18.7 Å². The van der Waals surface area contributed by atoms with Gasteiger partial charge >= 0.3 is 6.03 Å². The van der Waals surface area contributed by atoms with Gasteiger partial charge in [-0.3, -0.25) is 4.90 Å². The van der Waals surface area contributed by atoms with Crippen LogP contribution in [0.1, 0.15) is 26.7 Å². The van der Waals surface area contributed by atoms with Crippen molar-refractivity contribution in [3.63, 3.8) is 0 Å². The van der Waals surface area contributed by atoms with Crippen molar-refractivity contribution < 1.29 is 9.53 Å². The van der Waals surface area contributed by atoms with Crippen LogP contribution in [0.2, 0.25) is 0 Å². The fourth-order valence-corrected chi connectivity index (χ4v) is 3.62. The highest BCUT2D eigenvalue weighted by Crippen LogP contribution is 2.26. The van der Waals surface area contributed by atoms with E-state index in [1.165, 1.54) is 0 Å². The molecule has 3 aliphatic rings. The fraction of sp³-hybridized carbons (Fsp3) is 0.929. The van der Waals surface area contributed by atoms with Crippen LogP contribution in [-0.4, -0.2) is 78.2 Å². The number of carbonyl (C=O) groups is 1. The second-order valence-electron chi connectivity index (χ2n) is 6.19. The SMILES string of the molecule is CC(C)N1CCO[C@@H]2CN(C(=O)N3CCCC3)C[C@@H]21. The van der Waals surface area contributed by atoms with E-state index in [0.29, 0.717) is 12.1 Å². The van der Waals surface area contributed by atoms with Crippen molar-refractivity contribution in [3.05, 3.63) is 0 Å². The van der Waals surface area contributed by atoms with Gasteiger partial charge in [-0.15, -0.1) is 0 Å². The minimum Gasteiger partial charge on any atom is -0.373 e. The van der Waals surface area contributed by atoms with Crippen molar-refractivity contribution in [3.8, 4) is 0 Å². The molecule has 3 saturated heterocycles. The molecular weight excluding hydrogens is 242 g/mol. The van der Waals surface area contributed by atoms with E-state index in [4.69, 9.17) is 4.74 Å². The van der Waals surface area contributed by atoms with E-state index in [-0.39, 0.29) is 12.1 Å². The smallest absolute Gasteiger partial charge is 0.320 e. The van der Waals surface area contributed by atoms with Gasteiger partial charge in [0.25, 0.3) is 0 Å². The molecule has 5 nitrogen and oxygen atoms in total. The van der Waals surface area contributed by atoms with Gasteiger partial charge in [0, 0.05) is 32.2 Å². The number of carbonyl (C=O) groups excluding carboxylic acids is 1. The van der Waals surface area contributed by atoms with Crippen LogP contribution in [0.15, 0.2) is 0 Å². The summed E-state index contributed by atoms with van der Waals surface area (Å²) in [5.74, 6) is 0. The van der Waals surface area contributed by atoms with Crippen LogP contribution in [0.25, 0.3) is 0 Å². The summed E-state index contributed by atoms with van der Waals surface area (Å²) in [6.45, 7) is 9.70. The Labute approximate surface area is 115 Å². The Morgan fingerprint density at radius 1 is 1.11 bits per heavy atom. The maximum Gasteiger partial charge on any atom is 0.320 e. The lowest BCUT2D eigenvalue weighted by molar-refractivity contribution is -0.0582. The van der Waals surface area contributed by atoms with Gasteiger partial charge in [-0.1, -0.05) is 0 Å². The Balaban J connectivity index is 1.66. The van der Waals surface area contributed by atoms with Gasteiger partial charge in [-0.25, -0.2) is 4.79 Å². The number of morpholine rings is 1. The van der Waals surface area contributed by atoms with E-state index in [1.807, 2.05) is 9.80 Å². The van der Waals surface area contributed by atoms with Crippen LogP contribution in [0, 0.1) is 0 Å². The average Bonchev–Trinajstić information content (AvgIpc) is 3.06. The Bertz CT molecular complexity index is 342. The average molecular weight is 267 g/mol. The molecule has 2 atom stereocenters. The molecule has 3 aliphatic heterocycles.